The quantitative estimate of drug-likeness (QED) is 0.822. The Hall–Kier alpha value is -2.41. The number of aromatic nitrogens is 1. The summed E-state index contributed by atoms with van der Waals surface area (Å²) in [6, 6.07) is 12.5. The smallest absolute Gasteiger partial charge is 0.255 e. The molecule has 1 saturated heterocycles. The topological polar surface area (TPSA) is 76.6 Å². The second kappa shape index (κ2) is 7.86. The van der Waals surface area contributed by atoms with E-state index in [4.69, 9.17) is 4.74 Å². The fourth-order valence-corrected chi connectivity index (χ4v) is 4.91. The van der Waals surface area contributed by atoms with E-state index >= 15 is 0 Å². The average Bonchev–Trinajstić information content (AvgIpc) is 2.81. The molecule has 1 amide bonds. The predicted octanol–water partition coefficient (Wildman–Crippen LogP) is 2.48. The molecule has 138 valence electrons. The van der Waals surface area contributed by atoms with Crippen molar-refractivity contribution in [3.63, 3.8) is 0 Å². The Bertz CT molecular complexity index is 851. The van der Waals surface area contributed by atoms with Crippen LogP contribution in [-0.2, 0) is 9.84 Å². The molecule has 26 heavy (non-hydrogen) atoms. The molecule has 0 aliphatic carbocycles. The summed E-state index contributed by atoms with van der Waals surface area (Å²) in [6.07, 6.45) is 1.87. The zero-order chi connectivity index (χ0) is 18.6. The van der Waals surface area contributed by atoms with Crippen LogP contribution in [0.1, 0.15) is 34.5 Å². The van der Waals surface area contributed by atoms with Gasteiger partial charge in [-0.3, -0.25) is 4.79 Å². The van der Waals surface area contributed by atoms with Crippen molar-refractivity contribution in [3.05, 3.63) is 59.8 Å². The first-order valence-electron chi connectivity index (χ1n) is 8.66. The predicted molar refractivity (Wildman–Crippen MR) is 98.9 cm³/mol. The Balaban J connectivity index is 1.76. The van der Waals surface area contributed by atoms with Crippen LogP contribution in [-0.4, -0.2) is 49.7 Å². The van der Waals surface area contributed by atoms with E-state index in [9.17, 15) is 13.2 Å². The van der Waals surface area contributed by atoms with Gasteiger partial charge in [-0.15, -0.1) is 0 Å². The molecule has 1 aromatic carbocycles. The third-order valence-corrected chi connectivity index (χ3v) is 6.60. The van der Waals surface area contributed by atoms with Crippen LogP contribution < -0.4 is 4.74 Å². The summed E-state index contributed by atoms with van der Waals surface area (Å²) in [5.41, 5.74) is 1.22. The number of carbonyl (C=O) groups excluding carboxylic acids is 1. The fourth-order valence-electron chi connectivity index (χ4n) is 3.11. The van der Waals surface area contributed by atoms with Gasteiger partial charge in [-0.25, -0.2) is 13.4 Å². The molecule has 6 nitrogen and oxygen atoms in total. The molecule has 0 saturated carbocycles. The summed E-state index contributed by atoms with van der Waals surface area (Å²) >= 11 is 0. The average molecular weight is 374 g/mol. The number of pyridine rings is 1. The maximum absolute atomic E-state index is 12.7. The normalized spacial score (nSPS) is 19.6. The first kappa shape index (κ1) is 18.4. The molecule has 1 atom stereocenters. The molecule has 7 heteroatoms. The molecule has 0 radical (unpaired) electrons. The molecule has 2 aromatic rings. The molecule has 1 aliphatic heterocycles. The van der Waals surface area contributed by atoms with E-state index in [0.29, 0.717) is 31.0 Å². The number of benzene rings is 1. The van der Waals surface area contributed by atoms with Gasteiger partial charge in [0.2, 0.25) is 5.88 Å². The second-order valence-electron chi connectivity index (χ2n) is 6.17. The van der Waals surface area contributed by atoms with Gasteiger partial charge in [0.15, 0.2) is 9.84 Å². The maximum atomic E-state index is 12.7. The van der Waals surface area contributed by atoms with Gasteiger partial charge in [0.05, 0.1) is 23.2 Å². The third kappa shape index (κ3) is 4.04. The van der Waals surface area contributed by atoms with E-state index < -0.39 is 15.1 Å². The zero-order valence-electron chi connectivity index (χ0n) is 14.7. The molecule has 2 heterocycles. The van der Waals surface area contributed by atoms with E-state index in [-0.39, 0.29) is 18.2 Å². The highest BCUT2D eigenvalue weighted by Gasteiger charge is 2.32. The van der Waals surface area contributed by atoms with E-state index in [1.807, 2.05) is 37.3 Å². The summed E-state index contributed by atoms with van der Waals surface area (Å²) in [5, 5.41) is -0.569. The fraction of sp³-hybridized carbons (Fsp3) is 0.368. The van der Waals surface area contributed by atoms with Crippen molar-refractivity contribution >= 4 is 15.7 Å². The minimum Gasteiger partial charge on any atom is -0.478 e. The molecule has 0 N–H and O–H groups in total. The molecule has 1 fully saturated rings. The lowest BCUT2D eigenvalue weighted by Crippen LogP contribution is -2.33. The minimum atomic E-state index is -3.31. The zero-order valence-corrected chi connectivity index (χ0v) is 15.5. The van der Waals surface area contributed by atoms with Gasteiger partial charge in [0.25, 0.3) is 5.91 Å². The van der Waals surface area contributed by atoms with E-state index in [2.05, 4.69) is 4.98 Å². The van der Waals surface area contributed by atoms with Gasteiger partial charge >= 0.3 is 0 Å². The van der Waals surface area contributed by atoms with Crippen LogP contribution in [0.3, 0.4) is 0 Å². The monoisotopic (exact) mass is 374 g/mol. The van der Waals surface area contributed by atoms with Gasteiger partial charge in [-0.1, -0.05) is 30.3 Å². The van der Waals surface area contributed by atoms with E-state index in [0.717, 1.165) is 5.56 Å². The second-order valence-corrected chi connectivity index (χ2v) is 8.47. The van der Waals surface area contributed by atoms with Crippen LogP contribution in [0.25, 0.3) is 0 Å². The number of hydrogen-bond acceptors (Lipinski definition) is 5. The van der Waals surface area contributed by atoms with Gasteiger partial charge < -0.3 is 9.64 Å². The summed E-state index contributed by atoms with van der Waals surface area (Å²) in [4.78, 5) is 18.4. The lowest BCUT2D eigenvalue weighted by Gasteiger charge is -2.20. The standard InChI is InChI=1S/C19H22N2O4S/c1-2-25-18-9-8-16(14-20-18)19(22)21-11-10-17(26(23,24)13-12-21)15-6-4-3-5-7-15/h3-9,14,17H,2,10-13H2,1H3. The van der Waals surface area contributed by atoms with Gasteiger partial charge in [-0.2, -0.15) is 0 Å². The lowest BCUT2D eigenvalue weighted by molar-refractivity contribution is 0.0766. The van der Waals surface area contributed by atoms with Crippen LogP contribution in [0.2, 0.25) is 0 Å². The van der Waals surface area contributed by atoms with Crippen molar-refractivity contribution in [1.82, 2.24) is 9.88 Å². The highest BCUT2D eigenvalue weighted by Crippen LogP contribution is 2.29. The van der Waals surface area contributed by atoms with Gasteiger partial charge in [-0.05, 0) is 25.0 Å². The van der Waals surface area contributed by atoms with Gasteiger partial charge in [0, 0.05) is 25.4 Å². The first-order chi connectivity index (χ1) is 12.5. The molecular formula is C19H22N2O4S. The van der Waals surface area contributed by atoms with Gasteiger partial charge in [0.1, 0.15) is 0 Å². The van der Waals surface area contributed by atoms with Crippen molar-refractivity contribution in [1.29, 1.82) is 0 Å². The van der Waals surface area contributed by atoms with Crippen molar-refractivity contribution in [2.24, 2.45) is 0 Å². The Morgan fingerprint density at radius 2 is 1.96 bits per heavy atom. The SMILES string of the molecule is CCOc1ccc(C(=O)N2CCC(c3ccccc3)S(=O)(=O)CC2)cn1. The van der Waals surface area contributed by atoms with E-state index in [1.54, 1.807) is 17.0 Å². The number of sulfone groups is 1. The highest BCUT2D eigenvalue weighted by molar-refractivity contribution is 7.91. The summed E-state index contributed by atoms with van der Waals surface area (Å²) in [5.74, 6) is 0.221. The van der Waals surface area contributed by atoms with Crippen molar-refractivity contribution in [2.45, 2.75) is 18.6 Å². The number of nitrogens with zero attached hydrogens (tertiary/aromatic N) is 2. The summed E-state index contributed by atoms with van der Waals surface area (Å²) < 4.78 is 30.6. The Kier molecular flexibility index (Phi) is 5.56. The number of carbonyl (C=O) groups is 1. The van der Waals surface area contributed by atoms with Crippen LogP contribution in [0.5, 0.6) is 5.88 Å². The lowest BCUT2D eigenvalue weighted by atomic mass is 10.1. The Labute approximate surface area is 153 Å². The Morgan fingerprint density at radius 1 is 1.19 bits per heavy atom. The summed E-state index contributed by atoms with van der Waals surface area (Å²) in [6.45, 7) is 2.95. The molecule has 1 aliphatic rings. The van der Waals surface area contributed by atoms with Crippen LogP contribution in [0.15, 0.2) is 48.7 Å². The van der Waals surface area contributed by atoms with E-state index in [1.165, 1.54) is 6.20 Å². The highest BCUT2D eigenvalue weighted by atomic mass is 32.2. The molecule has 1 aromatic heterocycles. The van der Waals surface area contributed by atoms with Crippen molar-refractivity contribution < 1.29 is 17.9 Å². The van der Waals surface area contributed by atoms with Crippen molar-refractivity contribution in [3.8, 4) is 5.88 Å². The largest absolute Gasteiger partial charge is 0.478 e. The van der Waals surface area contributed by atoms with Crippen LogP contribution in [0.4, 0.5) is 0 Å². The number of rotatable bonds is 4. The molecule has 0 spiro atoms. The van der Waals surface area contributed by atoms with Crippen molar-refractivity contribution in [2.75, 3.05) is 25.4 Å². The molecule has 1 unspecified atom stereocenters. The molecule has 3 rings (SSSR count). The number of ether oxygens (including phenoxy) is 1. The van der Waals surface area contributed by atoms with Crippen LogP contribution in [0, 0.1) is 0 Å². The third-order valence-electron chi connectivity index (χ3n) is 4.47. The first-order valence-corrected chi connectivity index (χ1v) is 10.4. The Morgan fingerprint density at radius 3 is 2.62 bits per heavy atom. The number of hydrogen-bond donors (Lipinski definition) is 0. The number of amides is 1. The van der Waals surface area contributed by atoms with Crippen LogP contribution >= 0.6 is 0 Å². The minimum absolute atomic E-state index is 0.0389. The molecule has 0 bridgehead atoms. The molecular weight excluding hydrogens is 352 g/mol. The summed E-state index contributed by atoms with van der Waals surface area (Å²) in [7, 11) is -3.31. The maximum Gasteiger partial charge on any atom is 0.255 e.